The summed E-state index contributed by atoms with van der Waals surface area (Å²) in [5, 5.41) is 4.11. The van der Waals surface area contributed by atoms with Crippen molar-refractivity contribution in [3.8, 4) is 5.69 Å². The van der Waals surface area contributed by atoms with E-state index in [4.69, 9.17) is 0 Å². The first kappa shape index (κ1) is 24.9. The maximum Gasteiger partial charge on any atom is 0.264 e. The van der Waals surface area contributed by atoms with Crippen LogP contribution in [-0.4, -0.2) is 31.7 Å². The number of anilines is 1. The van der Waals surface area contributed by atoms with Crippen molar-refractivity contribution in [2.45, 2.75) is 25.7 Å². The summed E-state index contributed by atoms with van der Waals surface area (Å²) >= 11 is 0. The van der Waals surface area contributed by atoms with Crippen molar-refractivity contribution in [3.05, 3.63) is 114 Å². The van der Waals surface area contributed by atoms with Crippen molar-refractivity contribution in [2.75, 3.05) is 10.8 Å². The van der Waals surface area contributed by atoms with Crippen molar-refractivity contribution in [1.82, 2.24) is 9.99 Å². The standard InChI is InChI=1S/C28H28N4O3S/c1-21-11-10-14-26(17-21)32-22(2)18-24(23(32)3)19-29-30-28(33)20-31(25-12-6-4-7-13-25)36(34,35)27-15-8-5-9-16-27/h4-19H,20H2,1-3H3,(H,30,33)/b29-19+. The zero-order valence-electron chi connectivity index (χ0n) is 20.4. The molecule has 7 nitrogen and oxygen atoms in total. The molecule has 8 heteroatoms. The summed E-state index contributed by atoms with van der Waals surface area (Å²) in [6.07, 6.45) is 1.57. The third-order valence-electron chi connectivity index (χ3n) is 5.79. The van der Waals surface area contributed by atoms with Crippen LogP contribution in [0.15, 0.2) is 101 Å². The number of sulfonamides is 1. The molecule has 0 bridgehead atoms. The van der Waals surface area contributed by atoms with E-state index in [1.54, 1.807) is 54.7 Å². The first-order chi connectivity index (χ1) is 17.3. The summed E-state index contributed by atoms with van der Waals surface area (Å²) in [5.41, 5.74) is 7.95. The van der Waals surface area contributed by atoms with Gasteiger partial charge in [-0.1, -0.05) is 48.5 Å². The number of hydrogen-bond acceptors (Lipinski definition) is 4. The maximum absolute atomic E-state index is 13.3. The van der Waals surface area contributed by atoms with Gasteiger partial charge in [0.1, 0.15) is 6.54 Å². The Bertz CT molecular complexity index is 1490. The Labute approximate surface area is 211 Å². The van der Waals surface area contributed by atoms with Gasteiger partial charge in [-0.2, -0.15) is 5.10 Å². The van der Waals surface area contributed by atoms with Gasteiger partial charge in [0.15, 0.2) is 0 Å². The second kappa shape index (κ2) is 10.6. The van der Waals surface area contributed by atoms with E-state index < -0.39 is 22.5 Å². The maximum atomic E-state index is 13.3. The number of hydrogen-bond donors (Lipinski definition) is 1. The van der Waals surface area contributed by atoms with Gasteiger partial charge in [-0.3, -0.25) is 9.10 Å². The van der Waals surface area contributed by atoms with Crippen LogP contribution >= 0.6 is 0 Å². The van der Waals surface area contributed by atoms with Gasteiger partial charge >= 0.3 is 0 Å². The molecule has 1 amide bonds. The van der Waals surface area contributed by atoms with Crippen LogP contribution in [-0.2, 0) is 14.8 Å². The fourth-order valence-corrected chi connectivity index (χ4v) is 5.49. The van der Waals surface area contributed by atoms with Gasteiger partial charge in [0, 0.05) is 22.6 Å². The van der Waals surface area contributed by atoms with Crippen LogP contribution in [0.2, 0.25) is 0 Å². The fourth-order valence-electron chi connectivity index (χ4n) is 4.05. The number of rotatable bonds is 8. The van der Waals surface area contributed by atoms with Gasteiger partial charge in [0.05, 0.1) is 16.8 Å². The second-order valence-electron chi connectivity index (χ2n) is 8.45. The number of para-hydroxylation sites is 1. The zero-order valence-corrected chi connectivity index (χ0v) is 21.2. The minimum absolute atomic E-state index is 0.105. The normalized spacial score (nSPS) is 11.5. The number of aryl methyl sites for hydroxylation is 2. The van der Waals surface area contributed by atoms with Crippen LogP contribution in [0.25, 0.3) is 5.69 Å². The van der Waals surface area contributed by atoms with Crippen LogP contribution in [0, 0.1) is 20.8 Å². The van der Waals surface area contributed by atoms with E-state index in [-0.39, 0.29) is 4.90 Å². The quantitative estimate of drug-likeness (QED) is 0.280. The lowest BCUT2D eigenvalue weighted by molar-refractivity contribution is -0.119. The van der Waals surface area contributed by atoms with E-state index in [0.717, 1.165) is 32.5 Å². The third-order valence-corrected chi connectivity index (χ3v) is 7.57. The minimum Gasteiger partial charge on any atom is -0.318 e. The number of benzene rings is 3. The van der Waals surface area contributed by atoms with Crippen molar-refractivity contribution >= 4 is 27.8 Å². The predicted octanol–water partition coefficient (Wildman–Crippen LogP) is 4.75. The molecule has 0 fully saturated rings. The molecule has 36 heavy (non-hydrogen) atoms. The van der Waals surface area contributed by atoms with Crippen molar-refractivity contribution in [3.63, 3.8) is 0 Å². The summed E-state index contributed by atoms with van der Waals surface area (Å²) in [7, 11) is -3.95. The monoisotopic (exact) mass is 500 g/mol. The van der Waals surface area contributed by atoms with E-state index in [2.05, 4.69) is 21.2 Å². The molecule has 0 aliphatic rings. The first-order valence-electron chi connectivity index (χ1n) is 11.5. The number of nitrogens with one attached hydrogen (secondary N) is 1. The van der Waals surface area contributed by atoms with Crippen molar-refractivity contribution < 1.29 is 13.2 Å². The average molecular weight is 501 g/mol. The van der Waals surface area contributed by atoms with Crippen LogP contribution in [0.3, 0.4) is 0 Å². The van der Waals surface area contributed by atoms with E-state index >= 15 is 0 Å². The van der Waals surface area contributed by atoms with Gasteiger partial charge in [-0.25, -0.2) is 13.8 Å². The third kappa shape index (κ3) is 5.39. The summed E-state index contributed by atoms with van der Waals surface area (Å²) in [6.45, 7) is 5.63. The van der Waals surface area contributed by atoms with Gasteiger partial charge < -0.3 is 4.57 Å². The smallest absolute Gasteiger partial charge is 0.264 e. The molecule has 3 aromatic carbocycles. The second-order valence-corrected chi connectivity index (χ2v) is 10.3. The van der Waals surface area contributed by atoms with Crippen LogP contribution in [0.5, 0.6) is 0 Å². The molecule has 0 unspecified atom stereocenters. The lowest BCUT2D eigenvalue weighted by atomic mass is 10.2. The largest absolute Gasteiger partial charge is 0.318 e. The molecule has 0 aliphatic heterocycles. The molecule has 0 saturated heterocycles. The van der Waals surface area contributed by atoms with Crippen LogP contribution < -0.4 is 9.73 Å². The molecule has 1 aromatic heterocycles. The minimum atomic E-state index is -3.95. The average Bonchev–Trinajstić information content (AvgIpc) is 3.16. The van der Waals surface area contributed by atoms with E-state index in [0.29, 0.717) is 5.69 Å². The molecule has 0 saturated carbocycles. The van der Waals surface area contributed by atoms with Crippen LogP contribution in [0.4, 0.5) is 5.69 Å². The first-order valence-corrected chi connectivity index (χ1v) is 12.9. The molecular formula is C28H28N4O3S. The van der Waals surface area contributed by atoms with Gasteiger partial charge in [0.25, 0.3) is 15.9 Å². The highest BCUT2D eigenvalue weighted by molar-refractivity contribution is 7.92. The fraction of sp³-hybridized carbons (Fsp3) is 0.143. The molecule has 1 heterocycles. The topological polar surface area (TPSA) is 83.8 Å². The summed E-state index contributed by atoms with van der Waals surface area (Å²) in [6, 6.07) is 26.8. The number of aromatic nitrogens is 1. The van der Waals surface area contributed by atoms with Gasteiger partial charge in [0.2, 0.25) is 0 Å². The molecule has 184 valence electrons. The summed E-state index contributed by atoms with van der Waals surface area (Å²) in [4.78, 5) is 12.9. The molecule has 0 spiro atoms. The number of hydrazone groups is 1. The highest BCUT2D eigenvalue weighted by atomic mass is 32.2. The molecule has 4 aromatic rings. The molecular weight excluding hydrogens is 472 g/mol. The number of carbonyl (C=O) groups is 1. The lowest BCUT2D eigenvalue weighted by Gasteiger charge is -2.23. The van der Waals surface area contributed by atoms with Crippen molar-refractivity contribution in [2.24, 2.45) is 5.10 Å². The molecule has 0 atom stereocenters. The number of carbonyl (C=O) groups excluding carboxylic acids is 1. The zero-order chi connectivity index (χ0) is 25.7. The lowest BCUT2D eigenvalue weighted by Crippen LogP contribution is -2.39. The molecule has 1 N–H and O–H groups in total. The van der Waals surface area contributed by atoms with Crippen molar-refractivity contribution in [1.29, 1.82) is 0 Å². The SMILES string of the molecule is Cc1cccc(-n2c(C)cc(/C=N/NC(=O)CN(c3ccccc3)S(=O)(=O)c3ccccc3)c2C)c1. The Morgan fingerprint density at radius 1 is 0.917 bits per heavy atom. The number of amides is 1. The number of nitrogens with zero attached hydrogens (tertiary/aromatic N) is 3. The Morgan fingerprint density at radius 3 is 2.25 bits per heavy atom. The van der Waals surface area contributed by atoms with Gasteiger partial charge in [-0.15, -0.1) is 0 Å². The van der Waals surface area contributed by atoms with Gasteiger partial charge in [-0.05, 0) is 68.8 Å². The molecule has 0 aliphatic carbocycles. The Morgan fingerprint density at radius 2 is 1.58 bits per heavy atom. The van der Waals surface area contributed by atoms with E-state index in [1.807, 2.05) is 45.0 Å². The van der Waals surface area contributed by atoms with Crippen LogP contribution in [0.1, 0.15) is 22.5 Å². The Hall–Kier alpha value is -4.17. The highest BCUT2D eigenvalue weighted by Crippen LogP contribution is 2.23. The van der Waals surface area contributed by atoms with E-state index in [9.17, 15) is 13.2 Å². The van der Waals surface area contributed by atoms with E-state index in [1.165, 1.54) is 12.1 Å². The molecule has 0 radical (unpaired) electrons. The molecule has 4 rings (SSSR count). The summed E-state index contributed by atoms with van der Waals surface area (Å²) in [5.74, 6) is -0.554. The predicted molar refractivity (Wildman–Crippen MR) is 143 cm³/mol. The Kier molecular flexibility index (Phi) is 7.36. The Balaban J connectivity index is 1.53. The summed E-state index contributed by atoms with van der Waals surface area (Å²) < 4.78 is 29.8. The highest BCUT2D eigenvalue weighted by Gasteiger charge is 2.26.